The summed E-state index contributed by atoms with van der Waals surface area (Å²) in [5.74, 6) is 0.276. The van der Waals surface area contributed by atoms with E-state index in [1.54, 1.807) is 0 Å². The molecule has 1 unspecified atom stereocenters. The van der Waals surface area contributed by atoms with Gasteiger partial charge in [-0.05, 0) is 43.5 Å². The average Bonchev–Trinajstić information content (AvgIpc) is 2.83. The molecule has 2 nitrogen and oxygen atoms in total. The van der Waals surface area contributed by atoms with Gasteiger partial charge in [0.05, 0.1) is 6.04 Å². The van der Waals surface area contributed by atoms with E-state index in [4.69, 9.17) is 11.6 Å². The fourth-order valence-corrected chi connectivity index (χ4v) is 3.04. The standard InChI is InChI=1S/C16H16ClNO/c1-11(12-4-2-5-13(17)10-12)18-9-8-14-15(18)6-3-7-16(14)19/h2,4-5,8-11H,3,6-7H2,1H3. The largest absolute Gasteiger partial charge is 0.344 e. The molecule has 0 saturated heterocycles. The van der Waals surface area contributed by atoms with Crippen molar-refractivity contribution in [3.8, 4) is 0 Å². The monoisotopic (exact) mass is 273 g/mol. The van der Waals surface area contributed by atoms with Crippen molar-refractivity contribution in [3.63, 3.8) is 0 Å². The molecule has 0 amide bonds. The van der Waals surface area contributed by atoms with Crippen molar-refractivity contribution in [1.82, 2.24) is 4.57 Å². The zero-order chi connectivity index (χ0) is 13.4. The minimum absolute atomic E-state index is 0.202. The van der Waals surface area contributed by atoms with E-state index in [-0.39, 0.29) is 11.8 Å². The molecule has 0 aliphatic heterocycles. The summed E-state index contributed by atoms with van der Waals surface area (Å²) < 4.78 is 2.21. The van der Waals surface area contributed by atoms with Gasteiger partial charge in [0.25, 0.3) is 0 Å². The first-order chi connectivity index (χ1) is 9.16. The highest BCUT2D eigenvalue weighted by atomic mass is 35.5. The predicted octanol–water partition coefficient (Wildman–Crippen LogP) is 4.27. The highest BCUT2D eigenvalue weighted by molar-refractivity contribution is 6.30. The summed E-state index contributed by atoms with van der Waals surface area (Å²) in [5.41, 5.74) is 3.24. The molecule has 0 N–H and O–H groups in total. The third-order valence-electron chi connectivity index (χ3n) is 3.89. The second-order valence-corrected chi connectivity index (χ2v) is 5.53. The molecule has 1 heterocycles. The minimum atomic E-state index is 0.202. The van der Waals surface area contributed by atoms with Crippen molar-refractivity contribution < 1.29 is 4.79 Å². The number of ketones is 1. The molecule has 0 radical (unpaired) electrons. The van der Waals surface area contributed by atoms with Gasteiger partial charge in [-0.3, -0.25) is 4.79 Å². The van der Waals surface area contributed by atoms with Crippen LogP contribution in [0.2, 0.25) is 5.02 Å². The number of rotatable bonds is 2. The zero-order valence-corrected chi connectivity index (χ0v) is 11.7. The number of Topliss-reactive ketones (excluding diaryl/α,β-unsaturated/α-hetero) is 1. The van der Waals surface area contributed by atoms with E-state index in [0.29, 0.717) is 6.42 Å². The number of fused-ring (bicyclic) bond motifs is 1. The van der Waals surface area contributed by atoms with Crippen LogP contribution in [0.25, 0.3) is 0 Å². The lowest BCUT2D eigenvalue weighted by atomic mass is 9.96. The Labute approximate surface area is 118 Å². The van der Waals surface area contributed by atoms with Gasteiger partial charge in [0.1, 0.15) is 0 Å². The predicted molar refractivity (Wildman–Crippen MR) is 77.0 cm³/mol. The smallest absolute Gasteiger partial charge is 0.164 e. The molecular weight excluding hydrogens is 258 g/mol. The summed E-state index contributed by atoms with van der Waals surface area (Å²) in [6, 6.07) is 10.1. The Balaban J connectivity index is 2.01. The van der Waals surface area contributed by atoms with E-state index in [9.17, 15) is 4.79 Å². The van der Waals surface area contributed by atoms with E-state index in [2.05, 4.69) is 17.6 Å². The number of aromatic nitrogens is 1. The highest BCUT2D eigenvalue weighted by Crippen LogP contribution is 2.28. The Morgan fingerprint density at radius 3 is 2.89 bits per heavy atom. The maximum Gasteiger partial charge on any atom is 0.164 e. The van der Waals surface area contributed by atoms with Crippen LogP contribution in [0.15, 0.2) is 36.5 Å². The molecule has 1 aromatic carbocycles. The van der Waals surface area contributed by atoms with Crippen LogP contribution in [0.1, 0.15) is 47.4 Å². The van der Waals surface area contributed by atoms with Crippen LogP contribution in [0.5, 0.6) is 0 Å². The van der Waals surface area contributed by atoms with Crippen LogP contribution in [-0.2, 0) is 6.42 Å². The topological polar surface area (TPSA) is 22.0 Å². The van der Waals surface area contributed by atoms with Crippen LogP contribution in [0, 0.1) is 0 Å². The molecule has 0 saturated carbocycles. The van der Waals surface area contributed by atoms with Gasteiger partial charge in [-0.15, -0.1) is 0 Å². The van der Waals surface area contributed by atoms with Crippen molar-refractivity contribution in [2.75, 3.05) is 0 Å². The van der Waals surface area contributed by atoms with Crippen molar-refractivity contribution >= 4 is 17.4 Å². The third-order valence-corrected chi connectivity index (χ3v) is 4.13. The summed E-state index contributed by atoms with van der Waals surface area (Å²) in [6.07, 6.45) is 4.65. The Kier molecular flexibility index (Phi) is 3.19. The number of nitrogens with zero attached hydrogens (tertiary/aromatic N) is 1. The maximum absolute atomic E-state index is 11.9. The molecule has 3 rings (SSSR count). The first kappa shape index (κ1) is 12.5. The first-order valence-corrected chi connectivity index (χ1v) is 7.03. The van der Waals surface area contributed by atoms with E-state index in [1.165, 1.54) is 11.3 Å². The van der Waals surface area contributed by atoms with Crippen LogP contribution in [-0.4, -0.2) is 10.4 Å². The van der Waals surface area contributed by atoms with Gasteiger partial charge in [0.15, 0.2) is 5.78 Å². The summed E-state index contributed by atoms with van der Waals surface area (Å²) in [4.78, 5) is 11.9. The molecule has 1 atom stereocenters. The van der Waals surface area contributed by atoms with Crippen molar-refractivity contribution in [2.45, 2.75) is 32.2 Å². The van der Waals surface area contributed by atoms with E-state index in [1.807, 2.05) is 30.5 Å². The Bertz CT molecular complexity index is 629. The average molecular weight is 274 g/mol. The van der Waals surface area contributed by atoms with Crippen LogP contribution in [0.3, 0.4) is 0 Å². The van der Waals surface area contributed by atoms with Crippen molar-refractivity contribution in [2.24, 2.45) is 0 Å². The Morgan fingerprint density at radius 1 is 1.26 bits per heavy atom. The van der Waals surface area contributed by atoms with Gasteiger partial charge in [-0.1, -0.05) is 23.7 Å². The summed E-state index contributed by atoms with van der Waals surface area (Å²) in [6.45, 7) is 2.14. The number of hydrogen-bond donors (Lipinski definition) is 0. The van der Waals surface area contributed by atoms with Gasteiger partial charge in [-0.25, -0.2) is 0 Å². The molecule has 3 heteroatoms. The fraction of sp³-hybridized carbons (Fsp3) is 0.312. The van der Waals surface area contributed by atoms with E-state index in [0.717, 1.165) is 23.4 Å². The van der Waals surface area contributed by atoms with Crippen molar-refractivity contribution in [1.29, 1.82) is 0 Å². The quantitative estimate of drug-likeness (QED) is 0.801. The van der Waals surface area contributed by atoms with Gasteiger partial charge in [0.2, 0.25) is 0 Å². The number of hydrogen-bond acceptors (Lipinski definition) is 1. The molecule has 1 aliphatic carbocycles. The highest BCUT2D eigenvalue weighted by Gasteiger charge is 2.22. The lowest BCUT2D eigenvalue weighted by molar-refractivity contribution is 0.0971. The summed E-state index contributed by atoms with van der Waals surface area (Å²) in [7, 11) is 0. The van der Waals surface area contributed by atoms with Gasteiger partial charge < -0.3 is 4.57 Å². The third kappa shape index (κ3) is 2.21. The first-order valence-electron chi connectivity index (χ1n) is 6.65. The summed E-state index contributed by atoms with van der Waals surface area (Å²) >= 11 is 6.05. The molecule has 19 heavy (non-hydrogen) atoms. The van der Waals surface area contributed by atoms with Crippen LogP contribution >= 0.6 is 11.6 Å². The molecule has 0 fully saturated rings. The SMILES string of the molecule is CC(c1cccc(Cl)c1)n1ccc2c1CCCC2=O. The summed E-state index contributed by atoms with van der Waals surface area (Å²) in [5, 5.41) is 0.751. The lowest BCUT2D eigenvalue weighted by Crippen LogP contribution is -2.15. The van der Waals surface area contributed by atoms with Crippen LogP contribution < -0.4 is 0 Å². The lowest BCUT2D eigenvalue weighted by Gasteiger charge is -2.21. The molecule has 0 bridgehead atoms. The van der Waals surface area contributed by atoms with Gasteiger partial charge >= 0.3 is 0 Å². The van der Waals surface area contributed by atoms with E-state index >= 15 is 0 Å². The molecule has 1 aromatic heterocycles. The van der Waals surface area contributed by atoms with Gasteiger partial charge in [0, 0.05) is 28.9 Å². The van der Waals surface area contributed by atoms with E-state index < -0.39 is 0 Å². The second-order valence-electron chi connectivity index (χ2n) is 5.09. The Hall–Kier alpha value is -1.54. The van der Waals surface area contributed by atoms with Crippen molar-refractivity contribution in [3.05, 3.63) is 58.4 Å². The van der Waals surface area contributed by atoms with Gasteiger partial charge in [-0.2, -0.15) is 0 Å². The molecule has 2 aromatic rings. The normalized spacial score (nSPS) is 16.2. The second kappa shape index (κ2) is 4.86. The molecule has 98 valence electrons. The zero-order valence-electron chi connectivity index (χ0n) is 10.9. The molecular formula is C16H16ClNO. The maximum atomic E-state index is 11.9. The number of benzene rings is 1. The van der Waals surface area contributed by atoms with Crippen LogP contribution in [0.4, 0.5) is 0 Å². The molecule has 0 spiro atoms. The Morgan fingerprint density at radius 2 is 2.11 bits per heavy atom. The number of carbonyl (C=O) groups is 1. The minimum Gasteiger partial charge on any atom is -0.344 e. The number of halogens is 1. The fourth-order valence-electron chi connectivity index (χ4n) is 2.84. The number of carbonyl (C=O) groups excluding carboxylic acids is 1. The molecule has 1 aliphatic rings.